The van der Waals surface area contributed by atoms with E-state index in [1.165, 1.54) is 0 Å². The van der Waals surface area contributed by atoms with Gasteiger partial charge in [-0.2, -0.15) is 5.10 Å². The van der Waals surface area contributed by atoms with Gasteiger partial charge in [-0.1, -0.05) is 29.8 Å². The third-order valence-corrected chi connectivity index (χ3v) is 2.63. The second kappa shape index (κ2) is 6.53. The highest BCUT2D eigenvalue weighted by Gasteiger charge is 2.03. The fourth-order valence-electron chi connectivity index (χ4n) is 1.24. The van der Waals surface area contributed by atoms with E-state index >= 15 is 0 Å². The molecular weight excluding hydrogens is 268 g/mol. The lowest BCUT2D eigenvalue weighted by atomic mass is 10.1. The zero-order valence-electron chi connectivity index (χ0n) is 9.61. The highest BCUT2D eigenvalue weighted by Crippen LogP contribution is 2.22. The van der Waals surface area contributed by atoms with Crippen LogP contribution in [0.1, 0.15) is 25.8 Å². The van der Waals surface area contributed by atoms with Crippen LogP contribution in [0.25, 0.3) is 0 Å². The van der Waals surface area contributed by atoms with Gasteiger partial charge in [0.25, 0.3) is 0 Å². The molecule has 1 aromatic carbocycles. The standard InChI is InChI=1S/C12H17BrN2O/c1-9(2)5-6-16-12-4-3-11(13)7-10(12)8-15-14/h3-4,7-9H,5-6,14H2,1-2H3. The lowest BCUT2D eigenvalue weighted by molar-refractivity contribution is 0.289. The third-order valence-electron chi connectivity index (χ3n) is 2.14. The van der Waals surface area contributed by atoms with Crippen LogP contribution >= 0.6 is 15.9 Å². The highest BCUT2D eigenvalue weighted by atomic mass is 79.9. The predicted octanol–water partition coefficient (Wildman–Crippen LogP) is 3.17. The first kappa shape index (κ1) is 13.0. The molecule has 0 radical (unpaired) electrons. The highest BCUT2D eigenvalue weighted by molar-refractivity contribution is 9.10. The molecule has 0 heterocycles. The molecule has 0 aromatic heterocycles. The van der Waals surface area contributed by atoms with Crippen molar-refractivity contribution in [3.05, 3.63) is 28.2 Å². The van der Waals surface area contributed by atoms with E-state index in [0.29, 0.717) is 12.5 Å². The van der Waals surface area contributed by atoms with Gasteiger partial charge in [0.05, 0.1) is 12.8 Å². The van der Waals surface area contributed by atoms with Gasteiger partial charge in [0.1, 0.15) is 5.75 Å². The van der Waals surface area contributed by atoms with E-state index in [1.807, 2.05) is 18.2 Å². The number of hydrazone groups is 1. The number of hydrogen-bond acceptors (Lipinski definition) is 3. The summed E-state index contributed by atoms with van der Waals surface area (Å²) in [5, 5.41) is 3.53. The Labute approximate surface area is 105 Å². The molecule has 0 saturated heterocycles. The largest absolute Gasteiger partial charge is 0.493 e. The summed E-state index contributed by atoms with van der Waals surface area (Å²) in [7, 11) is 0. The molecule has 0 aliphatic heterocycles. The van der Waals surface area contributed by atoms with E-state index in [4.69, 9.17) is 10.6 Å². The van der Waals surface area contributed by atoms with Crippen LogP contribution in [-0.4, -0.2) is 12.8 Å². The molecule has 88 valence electrons. The molecule has 0 fully saturated rings. The zero-order valence-corrected chi connectivity index (χ0v) is 11.2. The predicted molar refractivity (Wildman–Crippen MR) is 70.9 cm³/mol. The monoisotopic (exact) mass is 284 g/mol. The molecule has 0 aliphatic carbocycles. The Balaban J connectivity index is 2.70. The van der Waals surface area contributed by atoms with Crippen molar-refractivity contribution in [1.82, 2.24) is 0 Å². The number of ether oxygens (including phenoxy) is 1. The molecule has 0 bridgehead atoms. The first-order valence-electron chi connectivity index (χ1n) is 5.29. The Bertz CT molecular complexity index is 364. The van der Waals surface area contributed by atoms with E-state index in [9.17, 15) is 0 Å². The van der Waals surface area contributed by atoms with Crippen molar-refractivity contribution < 1.29 is 4.74 Å². The summed E-state index contributed by atoms with van der Waals surface area (Å²) in [4.78, 5) is 0. The number of rotatable bonds is 5. The Morgan fingerprint density at radius 1 is 1.50 bits per heavy atom. The van der Waals surface area contributed by atoms with Crippen molar-refractivity contribution in [2.24, 2.45) is 16.9 Å². The Morgan fingerprint density at radius 2 is 2.25 bits per heavy atom. The average Bonchev–Trinajstić information content (AvgIpc) is 2.21. The Hall–Kier alpha value is -1.03. The van der Waals surface area contributed by atoms with Crippen LogP contribution in [0, 0.1) is 5.92 Å². The first-order chi connectivity index (χ1) is 7.63. The summed E-state index contributed by atoms with van der Waals surface area (Å²) in [6, 6.07) is 5.79. The Morgan fingerprint density at radius 3 is 2.88 bits per heavy atom. The van der Waals surface area contributed by atoms with Gasteiger partial charge in [0.15, 0.2) is 0 Å². The van der Waals surface area contributed by atoms with Crippen LogP contribution in [0.3, 0.4) is 0 Å². The van der Waals surface area contributed by atoms with E-state index in [0.717, 1.165) is 22.2 Å². The van der Waals surface area contributed by atoms with Crippen molar-refractivity contribution in [1.29, 1.82) is 0 Å². The molecule has 4 heteroatoms. The minimum atomic E-state index is 0.641. The molecule has 0 spiro atoms. The van der Waals surface area contributed by atoms with Crippen molar-refractivity contribution in [2.45, 2.75) is 20.3 Å². The van der Waals surface area contributed by atoms with Crippen molar-refractivity contribution in [3.63, 3.8) is 0 Å². The smallest absolute Gasteiger partial charge is 0.128 e. The molecule has 0 aliphatic rings. The minimum Gasteiger partial charge on any atom is -0.493 e. The fraction of sp³-hybridized carbons (Fsp3) is 0.417. The molecule has 0 unspecified atom stereocenters. The summed E-state index contributed by atoms with van der Waals surface area (Å²) in [6.45, 7) is 5.06. The van der Waals surface area contributed by atoms with Gasteiger partial charge in [-0.25, -0.2) is 0 Å². The minimum absolute atomic E-state index is 0.641. The lowest BCUT2D eigenvalue weighted by Crippen LogP contribution is -2.03. The quantitative estimate of drug-likeness (QED) is 0.513. The average molecular weight is 285 g/mol. The summed E-state index contributed by atoms with van der Waals surface area (Å²) in [5.74, 6) is 6.61. The van der Waals surface area contributed by atoms with Crippen molar-refractivity contribution in [2.75, 3.05) is 6.61 Å². The third kappa shape index (κ3) is 4.23. The molecular formula is C12H17BrN2O. The van der Waals surface area contributed by atoms with Crippen LogP contribution in [0.5, 0.6) is 5.75 Å². The van der Waals surface area contributed by atoms with Crippen LogP contribution < -0.4 is 10.6 Å². The topological polar surface area (TPSA) is 47.6 Å². The maximum absolute atomic E-state index is 5.69. The van der Waals surface area contributed by atoms with Crippen LogP contribution in [0.4, 0.5) is 0 Å². The van der Waals surface area contributed by atoms with E-state index in [2.05, 4.69) is 34.9 Å². The van der Waals surface area contributed by atoms with Crippen LogP contribution in [0.2, 0.25) is 0 Å². The molecule has 0 atom stereocenters. The molecule has 3 nitrogen and oxygen atoms in total. The van der Waals surface area contributed by atoms with Gasteiger partial charge in [0.2, 0.25) is 0 Å². The normalized spacial score (nSPS) is 11.2. The number of nitrogens with two attached hydrogens (primary N) is 1. The maximum atomic E-state index is 5.69. The molecule has 16 heavy (non-hydrogen) atoms. The maximum Gasteiger partial charge on any atom is 0.128 e. The SMILES string of the molecule is CC(C)CCOc1ccc(Br)cc1C=NN. The van der Waals surface area contributed by atoms with Gasteiger partial charge < -0.3 is 10.6 Å². The summed E-state index contributed by atoms with van der Waals surface area (Å²) in [5.41, 5.74) is 0.889. The van der Waals surface area contributed by atoms with E-state index < -0.39 is 0 Å². The number of nitrogens with zero attached hydrogens (tertiary/aromatic N) is 1. The summed E-state index contributed by atoms with van der Waals surface area (Å²) >= 11 is 3.40. The van der Waals surface area contributed by atoms with Gasteiger partial charge in [-0.15, -0.1) is 0 Å². The lowest BCUT2D eigenvalue weighted by Gasteiger charge is -2.10. The van der Waals surface area contributed by atoms with Crippen LogP contribution in [0.15, 0.2) is 27.8 Å². The van der Waals surface area contributed by atoms with Gasteiger partial charge in [-0.3, -0.25) is 0 Å². The van der Waals surface area contributed by atoms with Gasteiger partial charge >= 0.3 is 0 Å². The van der Waals surface area contributed by atoms with E-state index in [1.54, 1.807) is 6.21 Å². The second-order valence-corrected chi connectivity index (χ2v) is 4.91. The van der Waals surface area contributed by atoms with E-state index in [-0.39, 0.29) is 0 Å². The molecule has 1 rings (SSSR count). The number of halogens is 1. The second-order valence-electron chi connectivity index (χ2n) is 3.99. The summed E-state index contributed by atoms with van der Waals surface area (Å²) in [6.07, 6.45) is 2.63. The zero-order chi connectivity index (χ0) is 12.0. The van der Waals surface area contributed by atoms with Crippen molar-refractivity contribution in [3.8, 4) is 5.75 Å². The molecule has 0 saturated carbocycles. The first-order valence-corrected chi connectivity index (χ1v) is 6.08. The van der Waals surface area contributed by atoms with Gasteiger partial charge in [-0.05, 0) is 30.5 Å². The molecule has 1 aromatic rings. The summed E-state index contributed by atoms with van der Waals surface area (Å²) < 4.78 is 6.67. The molecule has 2 N–H and O–H groups in total. The number of benzene rings is 1. The molecule has 0 amide bonds. The Kier molecular flexibility index (Phi) is 5.32. The van der Waals surface area contributed by atoms with Crippen LogP contribution in [-0.2, 0) is 0 Å². The fourth-order valence-corrected chi connectivity index (χ4v) is 1.62. The number of hydrogen-bond donors (Lipinski definition) is 1. The van der Waals surface area contributed by atoms with Gasteiger partial charge in [0, 0.05) is 10.0 Å². The van der Waals surface area contributed by atoms with Crippen molar-refractivity contribution >= 4 is 22.1 Å².